The first-order valence-corrected chi connectivity index (χ1v) is 25.9. The van der Waals surface area contributed by atoms with E-state index in [9.17, 15) is 0 Å². The Hall–Kier alpha value is -9.76. The van der Waals surface area contributed by atoms with Gasteiger partial charge in [0.05, 0.1) is 22.5 Å². The van der Waals surface area contributed by atoms with Crippen molar-refractivity contribution in [2.24, 2.45) is 0 Å². The number of hydrogen-bond donors (Lipinski definition) is 0. The van der Waals surface area contributed by atoms with E-state index in [0.717, 1.165) is 50.1 Å². The highest BCUT2D eigenvalue weighted by molar-refractivity contribution is 6.11. The Morgan fingerprint density at radius 2 is 0.640 bits per heavy atom. The summed E-state index contributed by atoms with van der Waals surface area (Å²) >= 11 is 0. The van der Waals surface area contributed by atoms with Crippen LogP contribution < -0.4 is 4.90 Å². The first-order valence-electron chi connectivity index (χ1n) is 25.9. The molecular weight excluding hydrogens is 907 g/mol. The van der Waals surface area contributed by atoms with Gasteiger partial charge in [-0.05, 0) is 149 Å². The maximum Gasteiger partial charge on any atom is 0.159 e. The van der Waals surface area contributed by atoms with Crippen molar-refractivity contribution in [1.29, 1.82) is 0 Å². The molecule has 0 unspecified atom stereocenters. The molecule has 0 atom stereocenters. The number of nitrogens with zero attached hydrogens (tertiary/aromatic N) is 1. The van der Waals surface area contributed by atoms with Gasteiger partial charge in [0.1, 0.15) is 5.58 Å². The summed E-state index contributed by atoms with van der Waals surface area (Å²) in [4.78, 5) is 2.49. The molecule has 2 aliphatic rings. The van der Waals surface area contributed by atoms with Gasteiger partial charge in [-0.1, -0.05) is 237 Å². The average molecular weight is 954 g/mol. The molecule has 0 fully saturated rings. The second kappa shape index (κ2) is 17.2. The van der Waals surface area contributed by atoms with Gasteiger partial charge in [-0.15, -0.1) is 0 Å². The SMILES string of the molecule is c1ccc(-c2ccc3c(c2)-c2cc(-c4ccccc4)ccc2C32c3cc(-c4ccccc4-c4ccccc4)ccc3N(c3cccc4c3oc3ccccc34)c3ccc(-c4ccccc4-c4ccccc4)cc32)cc1. The van der Waals surface area contributed by atoms with Crippen molar-refractivity contribution in [2.75, 3.05) is 4.90 Å². The molecule has 2 heteroatoms. The first-order chi connectivity index (χ1) is 37.2. The van der Waals surface area contributed by atoms with Gasteiger partial charge in [-0.2, -0.15) is 0 Å². The van der Waals surface area contributed by atoms with Crippen LogP contribution in [0.25, 0.3) is 99.8 Å². The molecule has 0 bridgehead atoms. The summed E-state index contributed by atoms with van der Waals surface area (Å²) in [6, 6.07) is 105. The zero-order valence-electron chi connectivity index (χ0n) is 41.0. The number of para-hydroxylation sites is 2. The maximum atomic E-state index is 6.98. The lowest BCUT2D eigenvalue weighted by atomic mass is 9.63. The lowest BCUT2D eigenvalue weighted by Gasteiger charge is -2.45. The Kier molecular flexibility index (Phi) is 9.83. The Morgan fingerprint density at radius 1 is 0.240 bits per heavy atom. The van der Waals surface area contributed by atoms with Crippen molar-refractivity contribution in [3.63, 3.8) is 0 Å². The molecule has 1 spiro atoms. The van der Waals surface area contributed by atoms with Crippen LogP contribution in [0.15, 0.2) is 290 Å². The van der Waals surface area contributed by atoms with Crippen LogP contribution in [-0.2, 0) is 5.41 Å². The van der Waals surface area contributed by atoms with Crippen LogP contribution in [0, 0.1) is 0 Å². The molecule has 0 radical (unpaired) electrons. The quantitative estimate of drug-likeness (QED) is 0.158. The minimum atomic E-state index is -0.784. The zero-order valence-corrected chi connectivity index (χ0v) is 41.0. The molecule has 15 rings (SSSR count). The molecule has 350 valence electrons. The largest absolute Gasteiger partial charge is 0.454 e. The fourth-order valence-electron chi connectivity index (χ4n) is 12.6. The second-order valence-electron chi connectivity index (χ2n) is 19.9. The summed E-state index contributed by atoms with van der Waals surface area (Å²) in [5, 5.41) is 2.19. The monoisotopic (exact) mass is 953 g/mol. The molecule has 0 saturated heterocycles. The lowest BCUT2D eigenvalue weighted by Crippen LogP contribution is -2.36. The molecule has 12 aromatic carbocycles. The van der Waals surface area contributed by atoms with Crippen LogP contribution in [0.3, 0.4) is 0 Å². The third kappa shape index (κ3) is 6.66. The fraction of sp³-hybridized carbons (Fsp3) is 0.0137. The summed E-state index contributed by atoms with van der Waals surface area (Å²) in [6.07, 6.45) is 0. The van der Waals surface area contributed by atoms with Gasteiger partial charge in [0.2, 0.25) is 0 Å². The van der Waals surface area contributed by atoms with E-state index in [0.29, 0.717) is 0 Å². The minimum Gasteiger partial charge on any atom is -0.454 e. The second-order valence-corrected chi connectivity index (χ2v) is 19.9. The van der Waals surface area contributed by atoms with E-state index in [-0.39, 0.29) is 0 Å². The molecule has 0 N–H and O–H groups in total. The predicted octanol–water partition coefficient (Wildman–Crippen LogP) is 19.7. The summed E-state index contributed by atoms with van der Waals surface area (Å²) in [5.74, 6) is 0. The third-order valence-electron chi connectivity index (χ3n) is 15.9. The van der Waals surface area contributed by atoms with Crippen LogP contribution in [0.4, 0.5) is 17.1 Å². The van der Waals surface area contributed by atoms with Crippen molar-refractivity contribution in [1.82, 2.24) is 0 Å². The fourth-order valence-corrected chi connectivity index (χ4v) is 12.6. The molecule has 1 aliphatic heterocycles. The lowest BCUT2D eigenvalue weighted by molar-refractivity contribution is 0.668. The van der Waals surface area contributed by atoms with Gasteiger partial charge in [0, 0.05) is 10.8 Å². The molecular formula is C73H47NO. The number of benzene rings is 12. The molecule has 13 aromatic rings. The smallest absolute Gasteiger partial charge is 0.159 e. The van der Waals surface area contributed by atoms with Gasteiger partial charge in [-0.25, -0.2) is 0 Å². The van der Waals surface area contributed by atoms with Crippen molar-refractivity contribution in [3.05, 3.63) is 307 Å². The number of furan rings is 1. The Labute approximate surface area is 436 Å². The summed E-state index contributed by atoms with van der Waals surface area (Å²) in [6.45, 7) is 0. The van der Waals surface area contributed by atoms with Crippen LogP contribution >= 0.6 is 0 Å². The highest BCUT2D eigenvalue weighted by atomic mass is 16.3. The topological polar surface area (TPSA) is 16.4 Å². The van der Waals surface area contributed by atoms with E-state index >= 15 is 0 Å². The summed E-state index contributed by atoms with van der Waals surface area (Å²) < 4.78 is 6.98. The number of fused-ring (bicyclic) bond motifs is 12. The number of hydrogen-bond acceptors (Lipinski definition) is 2. The highest BCUT2D eigenvalue weighted by Crippen LogP contribution is 2.65. The summed E-state index contributed by atoms with van der Waals surface area (Å²) in [7, 11) is 0. The molecule has 2 nitrogen and oxygen atoms in total. The van der Waals surface area contributed by atoms with Crippen LogP contribution in [0.2, 0.25) is 0 Å². The van der Waals surface area contributed by atoms with Crippen molar-refractivity contribution < 1.29 is 4.42 Å². The van der Waals surface area contributed by atoms with E-state index in [2.05, 4.69) is 290 Å². The van der Waals surface area contributed by atoms with Crippen LogP contribution in [-0.4, -0.2) is 0 Å². The normalized spacial score (nSPS) is 12.9. The van der Waals surface area contributed by atoms with Gasteiger partial charge in [-0.3, -0.25) is 0 Å². The number of anilines is 3. The van der Waals surface area contributed by atoms with Gasteiger partial charge in [0.25, 0.3) is 0 Å². The van der Waals surface area contributed by atoms with E-state index in [1.807, 2.05) is 0 Å². The van der Waals surface area contributed by atoms with Gasteiger partial charge in [0.15, 0.2) is 5.58 Å². The van der Waals surface area contributed by atoms with Crippen molar-refractivity contribution >= 4 is 39.0 Å². The zero-order chi connectivity index (χ0) is 49.5. The third-order valence-corrected chi connectivity index (χ3v) is 15.9. The Balaban J connectivity index is 1.09. The van der Waals surface area contributed by atoms with Crippen LogP contribution in [0.5, 0.6) is 0 Å². The molecule has 2 heterocycles. The summed E-state index contributed by atoms with van der Waals surface area (Å²) in [5.41, 5.74) is 25.7. The Bertz CT molecular complexity index is 4120. The maximum absolute atomic E-state index is 6.98. The van der Waals surface area contributed by atoms with Crippen molar-refractivity contribution in [2.45, 2.75) is 5.41 Å². The predicted molar refractivity (Wildman–Crippen MR) is 312 cm³/mol. The minimum absolute atomic E-state index is 0.784. The van der Waals surface area contributed by atoms with E-state index in [1.54, 1.807) is 0 Å². The highest BCUT2D eigenvalue weighted by Gasteiger charge is 2.52. The molecule has 1 aromatic heterocycles. The standard InChI is InChI=1S/C73H47NO/c1-5-20-48(21-6-1)52-36-40-64-62(44-52)63-45-53(49-22-7-2-8-23-49)37-41-65(63)73(64)66-46-54(58-30-15-13-28-56(58)50-24-9-3-10-25-50)38-42-68(66)74(70-34-19-33-61-60-32-17-18-35-71(60)75-72(61)70)69-43-39-55(47-67(69)73)59-31-16-14-29-57(59)51-26-11-4-12-27-51/h1-47H. The van der Waals surface area contributed by atoms with Gasteiger partial charge < -0.3 is 9.32 Å². The van der Waals surface area contributed by atoms with Crippen molar-refractivity contribution in [3.8, 4) is 77.9 Å². The molecule has 75 heavy (non-hydrogen) atoms. The van der Waals surface area contributed by atoms with Gasteiger partial charge >= 0.3 is 0 Å². The van der Waals surface area contributed by atoms with E-state index in [1.165, 1.54) is 89.0 Å². The number of rotatable bonds is 7. The first kappa shape index (κ1) is 42.9. The molecule has 0 saturated carbocycles. The van der Waals surface area contributed by atoms with Crippen LogP contribution in [0.1, 0.15) is 22.3 Å². The Morgan fingerprint density at radius 3 is 1.13 bits per heavy atom. The average Bonchev–Trinajstić information content (AvgIpc) is 4.06. The van der Waals surface area contributed by atoms with E-state index < -0.39 is 5.41 Å². The molecule has 1 aliphatic carbocycles. The van der Waals surface area contributed by atoms with E-state index in [4.69, 9.17) is 4.42 Å². The molecule has 0 amide bonds.